The lowest BCUT2D eigenvalue weighted by atomic mass is 10.1. The van der Waals surface area contributed by atoms with Crippen LogP contribution in [0.25, 0.3) is 0 Å². The Balaban J connectivity index is 2.35. The van der Waals surface area contributed by atoms with Crippen molar-refractivity contribution >= 4 is 0 Å². The van der Waals surface area contributed by atoms with E-state index in [2.05, 4.69) is 35.7 Å². The Hall–Kier alpha value is -0.160. The second-order valence-corrected chi connectivity index (χ2v) is 5.67. The summed E-state index contributed by atoms with van der Waals surface area (Å²) < 4.78 is 0. The molecule has 1 rings (SSSR count). The van der Waals surface area contributed by atoms with Gasteiger partial charge in [-0.05, 0) is 53.0 Å². The van der Waals surface area contributed by atoms with Gasteiger partial charge >= 0.3 is 0 Å². The minimum Gasteiger partial charge on any atom is -0.330 e. The van der Waals surface area contributed by atoms with Crippen LogP contribution in [-0.2, 0) is 0 Å². The highest BCUT2D eigenvalue weighted by Gasteiger charge is 2.20. The third-order valence-electron chi connectivity index (χ3n) is 3.97. The van der Waals surface area contributed by atoms with Gasteiger partial charge in [0, 0.05) is 32.2 Å². The molecule has 1 saturated heterocycles. The molecule has 0 radical (unpaired) electrons. The summed E-state index contributed by atoms with van der Waals surface area (Å²) in [4.78, 5) is 7.53. The van der Waals surface area contributed by atoms with Crippen molar-refractivity contribution in [1.82, 2.24) is 14.7 Å². The molecule has 0 aliphatic carbocycles. The van der Waals surface area contributed by atoms with Crippen LogP contribution in [0.2, 0.25) is 0 Å². The molecule has 0 spiro atoms. The summed E-state index contributed by atoms with van der Waals surface area (Å²) in [7, 11) is 4.30. The third-order valence-corrected chi connectivity index (χ3v) is 3.97. The Morgan fingerprint density at radius 2 is 1.94 bits per heavy atom. The molecule has 1 atom stereocenters. The van der Waals surface area contributed by atoms with Gasteiger partial charge in [-0.25, -0.2) is 0 Å². The highest BCUT2D eigenvalue weighted by molar-refractivity contribution is 4.76. The third kappa shape index (κ3) is 5.65. The number of hydrogen-bond acceptors (Lipinski definition) is 4. The zero-order chi connectivity index (χ0) is 13.4. The normalized spacial score (nSPS) is 21.2. The van der Waals surface area contributed by atoms with Gasteiger partial charge in [-0.3, -0.25) is 4.90 Å². The first-order valence-corrected chi connectivity index (χ1v) is 7.48. The van der Waals surface area contributed by atoms with Crippen LogP contribution >= 0.6 is 0 Å². The first-order chi connectivity index (χ1) is 8.67. The average Bonchev–Trinajstić information content (AvgIpc) is 2.59. The molecular weight excluding hydrogens is 224 g/mol. The van der Waals surface area contributed by atoms with E-state index in [1.165, 1.54) is 52.1 Å². The van der Waals surface area contributed by atoms with Crippen molar-refractivity contribution in [2.24, 2.45) is 5.73 Å². The predicted octanol–water partition coefficient (Wildman–Crippen LogP) is 0.683. The molecule has 4 heteroatoms. The number of rotatable bonds is 7. The molecule has 4 nitrogen and oxygen atoms in total. The summed E-state index contributed by atoms with van der Waals surface area (Å²) in [6.45, 7) is 10.4. The molecule has 0 saturated carbocycles. The summed E-state index contributed by atoms with van der Waals surface area (Å²) in [5, 5.41) is 0. The van der Waals surface area contributed by atoms with Crippen molar-refractivity contribution in [3.8, 4) is 0 Å². The Bertz CT molecular complexity index is 208. The Kier molecular flexibility index (Phi) is 7.82. The number of nitrogens with zero attached hydrogens (tertiary/aromatic N) is 3. The first kappa shape index (κ1) is 15.9. The lowest BCUT2D eigenvalue weighted by molar-refractivity contribution is 0.183. The van der Waals surface area contributed by atoms with E-state index in [0.717, 1.165) is 13.0 Å². The minimum absolute atomic E-state index is 0.698. The van der Waals surface area contributed by atoms with Gasteiger partial charge in [-0.2, -0.15) is 0 Å². The fraction of sp³-hybridized carbons (Fsp3) is 1.00. The van der Waals surface area contributed by atoms with Gasteiger partial charge in [0.2, 0.25) is 0 Å². The Morgan fingerprint density at radius 3 is 2.56 bits per heavy atom. The standard InChI is InChI=1S/C14H32N4/c1-4-14(6-7-15)18-9-5-8-17(12-13-18)11-10-16(2)3/h14H,4-13,15H2,1-3H3. The second kappa shape index (κ2) is 8.86. The average molecular weight is 256 g/mol. The maximum Gasteiger partial charge on any atom is 0.0112 e. The lowest BCUT2D eigenvalue weighted by Crippen LogP contribution is -2.40. The number of nitrogens with two attached hydrogens (primary N) is 1. The summed E-state index contributed by atoms with van der Waals surface area (Å²) in [5.41, 5.74) is 5.72. The van der Waals surface area contributed by atoms with Gasteiger partial charge in [-0.1, -0.05) is 6.92 Å². The molecule has 0 amide bonds. The maximum absolute atomic E-state index is 5.72. The quantitative estimate of drug-likeness (QED) is 0.727. The van der Waals surface area contributed by atoms with Crippen LogP contribution in [0.15, 0.2) is 0 Å². The van der Waals surface area contributed by atoms with Gasteiger partial charge in [0.25, 0.3) is 0 Å². The van der Waals surface area contributed by atoms with Crippen LogP contribution < -0.4 is 5.73 Å². The van der Waals surface area contributed by atoms with Crippen molar-refractivity contribution in [2.75, 3.05) is 59.9 Å². The predicted molar refractivity (Wildman–Crippen MR) is 78.9 cm³/mol. The van der Waals surface area contributed by atoms with Gasteiger partial charge in [0.05, 0.1) is 0 Å². The summed E-state index contributed by atoms with van der Waals surface area (Å²) in [6, 6.07) is 0.698. The largest absolute Gasteiger partial charge is 0.330 e. The molecule has 1 heterocycles. The molecule has 2 N–H and O–H groups in total. The molecule has 0 bridgehead atoms. The molecule has 18 heavy (non-hydrogen) atoms. The molecule has 1 fully saturated rings. The molecule has 0 aromatic heterocycles. The van der Waals surface area contributed by atoms with E-state index in [9.17, 15) is 0 Å². The topological polar surface area (TPSA) is 35.7 Å². The molecule has 1 aliphatic heterocycles. The molecule has 108 valence electrons. The SMILES string of the molecule is CCC(CCN)N1CCCN(CCN(C)C)CC1. The van der Waals surface area contributed by atoms with Crippen molar-refractivity contribution in [2.45, 2.75) is 32.2 Å². The van der Waals surface area contributed by atoms with E-state index in [0.29, 0.717) is 6.04 Å². The highest BCUT2D eigenvalue weighted by atomic mass is 15.2. The monoisotopic (exact) mass is 256 g/mol. The number of likely N-dealkylation sites (N-methyl/N-ethyl adjacent to an activating group) is 1. The van der Waals surface area contributed by atoms with Gasteiger partial charge in [0.1, 0.15) is 0 Å². The molecular formula is C14H32N4. The first-order valence-electron chi connectivity index (χ1n) is 7.48. The van der Waals surface area contributed by atoms with E-state index in [-0.39, 0.29) is 0 Å². The van der Waals surface area contributed by atoms with Crippen LogP contribution in [-0.4, -0.2) is 80.7 Å². The van der Waals surface area contributed by atoms with Crippen molar-refractivity contribution in [1.29, 1.82) is 0 Å². The van der Waals surface area contributed by atoms with E-state index < -0.39 is 0 Å². The van der Waals surface area contributed by atoms with E-state index in [1.807, 2.05) is 0 Å². The van der Waals surface area contributed by atoms with Crippen LogP contribution in [0, 0.1) is 0 Å². The minimum atomic E-state index is 0.698. The lowest BCUT2D eigenvalue weighted by Gasteiger charge is -2.29. The highest BCUT2D eigenvalue weighted by Crippen LogP contribution is 2.12. The summed E-state index contributed by atoms with van der Waals surface area (Å²) in [5.74, 6) is 0. The van der Waals surface area contributed by atoms with Gasteiger partial charge < -0.3 is 15.5 Å². The van der Waals surface area contributed by atoms with Gasteiger partial charge in [0.15, 0.2) is 0 Å². The summed E-state index contributed by atoms with van der Waals surface area (Å²) >= 11 is 0. The zero-order valence-corrected chi connectivity index (χ0v) is 12.6. The number of hydrogen-bond donors (Lipinski definition) is 1. The van der Waals surface area contributed by atoms with Crippen LogP contribution in [0.4, 0.5) is 0 Å². The second-order valence-electron chi connectivity index (χ2n) is 5.67. The van der Waals surface area contributed by atoms with E-state index in [4.69, 9.17) is 5.73 Å². The Labute approximate surface area is 113 Å². The van der Waals surface area contributed by atoms with Crippen LogP contribution in [0.5, 0.6) is 0 Å². The van der Waals surface area contributed by atoms with Crippen molar-refractivity contribution in [3.05, 3.63) is 0 Å². The van der Waals surface area contributed by atoms with Crippen LogP contribution in [0.1, 0.15) is 26.2 Å². The van der Waals surface area contributed by atoms with E-state index >= 15 is 0 Å². The smallest absolute Gasteiger partial charge is 0.0112 e. The van der Waals surface area contributed by atoms with Crippen molar-refractivity contribution in [3.63, 3.8) is 0 Å². The summed E-state index contributed by atoms with van der Waals surface area (Å²) in [6.07, 6.45) is 3.68. The van der Waals surface area contributed by atoms with E-state index in [1.54, 1.807) is 0 Å². The molecule has 0 aromatic carbocycles. The fourth-order valence-electron chi connectivity index (χ4n) is 2.76. The Morgan fingerprint density at radius 1 is 1.17 bits per heavy atom. The maximum atomic E-state index is 5.72. The fourth-order valence-corrected chi connectivity index (χ4v) is 2.76. The molecule has 1 aliphatic rings. The van der Waals surface area contributed by atoms with Crippen LogP contribution in [0.3, 0.4) is 0 Å². The molecule has 0 aromatic rings. The van der Waals surface area contributed by atoms with Crippen molar-refractivity contribution < 1.29 is 0 Å². The zero-order valence-electron chi connectivity index (χ0n) is 12.6. The molecule has 1 unspecified atom stereocenters. The van der Waals surface area contributed by atoms with Gasteiger partial charge in [-0.15, -0.1) is 0 Å².